The van der Waals surface area contributed by atoms with Gasteiger partial charge in [0.1, 0.15) is 0 Å². The van der Waals surface area contributed by atoms with Crippen LogP contribution in [0.15, 0.2) is 0 Å². The van der Waals surface area contributed by atoms with Gasteiger partial charge in [0, 0.05) is 13.2 Å². The third kappa shape index (κ3) is 17.6. The molecule has 0 atom stereocenters. The van der Waals surface area contributed by atoms with Gasteiger partial charge in [0.25, 0.3) is 0 Å². The highest BCUT2D eigenvalue weighted by Crippen LogP contribution is 2.23. The van der Waals surface area contributed by atoms with Crippen molar-refractivity contribution >= 4 is 57.7 Å². The van der Waals surface area contributed by atoms with Crippen LogP contribution in [0.1, 0.15) is 25.7 Å². The molecule has 0 saturated heterocycles. The standard InChI is InChI=1S/C10H22Cl4OSi2/c1-16(11,12)9-5-3-7-15-8-4-6-10-17(2,13)14/h3-10H2,1-2H3. The van der Waals surface area contributed by atoms with Crippen LogP contribution >= 0.6 is 44.3 Å². The van der Waals surface area contributed by atoms with Gasteiger partial charge in [0.2, 0.25) is 13.4 Å². The van der Waals surface area contributed by atoms with Gasteiger partial charge in [-0.2, -0.15) is 0 Å². The summed E-state index contributed by atoms with van der Waals surface area (Å²) < 4.78 is 5.52. The molecule has 0 fully saturated rings. The van der Waals surface area contributed by atoms with E-state index < -0.39 is 13.4 Å². The summed E-state index contributed by atoms with van der Waals surface area (Å²) in [5.74, 6) is 0. The lowest BCUT2D eigenvalue weighted by molar-refractivity contribution is 0.128. The van der Waals surface area contributed by atoms with E-state index in [0.717, 1.165) is 51.0 Å². The van der Waals surface area contributed by atoms with Crippen molar-refractivity contribution in [2.45, 2.75) is 50.9 Å². The van der Waals surface area contributed by atoms with Crippen LogP contribution in [0.2, 0.25) is 25.2 Å². The third-order valence-electron chi connectivity index (χ3n) is 2.31. The summed E-state index contributed by atoms with van der Waals surface area (Å²) in [4.78, 5) is 0. The molecule has 0 amide bonds. The normalized spacial score (nSPS) is 13.1. The molecule has 0 saturated carbocycles. The molecular formula is C10H22Cl4OSi2. The Bertz CT molecular complexity index is 172. The van der Waals surface area contributed by atoms with Crippen LogP contribution in [0.5, 0.6) is 0 Å². The lowest BCUT2D eigenvalue weighted by Gasteiger charge is -2.10. The topological polar surface area (TPSA) is 9.23 Å². The lowest BCUT2D eigenvalue weighted by Crippen LogP contribution is -2.12. The molecule has 7 heteroatoms. The van der Waals surface area contributed by atoms with Crippen LogP contribution in [-0.2, 0) is 4.74 Å². The van der Waals surface area contributed by atoms with E-state index in [4.69, 9.17) is 49.1 Å². The van der Waals surface area contributed by atoms with Crippen molar-refractivity contribution < 1.29 is 4.74 Å². The second-order valence-corrected chi connectivity index (χ2v) is 21.1. The van der Waals surface area contributed by atoms with Gasteiger partial charge >= 0.3 is 0 Å². The third-order valence-corrected chi connectivity index (χ3v) is 7.04. The van der Waals surface area contributed by atoms with E-state index in [2.05, 4.69) is 0 Å². The molecule has 0 heterocycles. The Balaban J connectivity index is 3.15. The number of hydrogen-bond acceptors (Lipinski definition) is 1. The average Bonchev–Trinajstić information content (AvgIpc) is 2.11. The van der Waals surface area contributed by atoms with Crippen LogP contribution < -0.4 is 0 Å². The zero-order valence-electron chi connectivity index (χ0n) is 10.6. The van der Waals surface area contributed by atoms with Crippen molar-refractivity contribution in [3.05, 3.63) is 0 Å². The second kappa shape index (κ2) is 9.46. The van der Waals surface area contributed by atoms with E-state index in [1.807, 2.05) is 13.1 Å². The highest BCUT2D eigenvalue weighted by Gasteiger charge is 2.20. The van der Waals surface area contributed by atoms with Gasteiger partial charge in [-0.25, -0.2) is 0 Å². The van der Waals surface area contributed by atoms with Crippen LogP contribution in [0, 0.1) is 0 Å². The molecule has 0 spiro atoms. The van der Waals surface area contributed by atoms with Gasteiger partial charge in [-0.15, -0.1) is 44.3 Å². The fraction of sp³-hybridized carbons (Fsp3) is 1.00. The predicted molar refractivity (Wildman–Crippen MR) is 85.5 cm³/mol. The monoisotopic (exact) mass is 354 g/mol. The fourth-order valence-electron chi connectivity index (χ4n) is 1.38. The number of unbranched alkanes of at least 4 members (excludes halogenated alkanes) is 2. The van der Waals surface area contributed by atoms with Crippen molar-refractivity contribution in [2.24, 2.45) is 0 Å². The molecule has 0 N–H and O–H groups in total. The van der Waals surface area contributed by atoms with Gasteiger partial charge in [-0.05, 0) is 38.0 Å². The van der Waals surface area contributed by atoms with Gasteiger partial charge in [-0.3, -0.25) is 0 Å². The van der Waals surface area contributed by atoms with E-state index >= 15 is 0 Å². The van der Waals surface area contributed by atoms with E-state index in [0.29, 0.717) is 0 Å². The van der Waals surface area contributed by atoms with E-state index in [1.165, 1.54) is 0 Å². The van der Waals surface area contributed by atoms with Gasteiger partial charge in [0.15, 0.2) is 0 Å². The first-order valence-corrected chi connectivity index (χ1v) is 15.5. The minimum Gasteiger partial charge on any atom is -0.381 e. The molecule has 0 aliphatic heterocycles. The van der Waals surface area contributed by atoms with Crippen molar-refractivity contribution in [3.8, 4) is 0 Å². The smallest absolute Gasteiger partial charge is 0.248 e. The highest BCUT2D eigenvalue weighted by molar-refractivity contribution is 7.45. The maximum absolute atomic E-state index is 6.00. The summed E-state index contributed by atoms with van der Waals surface area (Å²) in [6.07, 6.45) is 4.20. The van der Waals surface area contributed by atoms with E-state index in [1.54, 1.807) is 0 Å². The Labute approximate surface area is 126 Å². The molecule has 0 radical (unpaired) electrons. The maximum atomic E-state index is 6.00. The molecular weight excluding hydrogens is 334 g/mol. The van der Waals surface area contributed by atoms with Crippen LogP contribution in [-0.4, -0.2) is 26.6 Å². The summed E-state index contributed by atoms with van der Waals surface area (Å²) in [5, 5.41) is 0. The van der Waals surface area contributed by atoms with Crippen molar-refractivity contribution in [2.75, 3.05) is 13.2 Å². The summed E-state index contributed by atoms with van der Waals surface area (Å²) in [6.45, 7) is 1.72. The van der Waals surface area contributed by atoms with E-state index in [-0.39, 0.29) is 0 Å². The van der Waals surface area contributed by atoms with Crippen LogP contribution in [0.4, 0.5) is 0 Å². The highest BCUT2D eigenvalue weighted by atomic mass is 35.7. The number of hydrogen-bond donors (Lipinski definition) is 0. The first kappa shape index (κ1) is 18.6. The molecule has 0 aromatic heterocycles. The molecule has 17 heavy (non-hydrogen) atoms. The Morgan fingerprint density at radius 3 is 1.35 bits per heavy atom. The molecule has 0 aliphatic carbocycles. The maximum Gasteiger partial charge on any atom is 0.248 e. The second-order valence-electron chi connectivity index (χ2n) is 4.67. The SMILES string of the molecule is C[Si](Cl)(Cl)CCCCOCCCC[Si](C)(Cl)Cl. The zero-order valence-corrected chi connectivity index (χ0v) is 15.6. The molecule has 0 unspecified atom stereocenters. The molecule has 0 aromatic rings. The molecule has 104 valence electrons. The molecule has 0 rings (SSSR count). The Hall–Kier alpha value is 1.55. The Morgan fingerprint density at radius 1 is 0.706 bits per heavy atom. The first-order chi connectivity index (χ1) is 7.71. The summed E-state index contributed by atoms with van der Waals surface area (Å²) in [5.41, 5.74) is 0. The van der Waals surface area contributed by atoms with E-state index in [9.17, 15) is 0 Å². The van der Waals surface area contributed by atoms with Crippen LogP contribution in [0.3, 0.4) is 0 Å². The molecule has 0 aliphatic rings. The predicted octanol–water partition coefficient (Wildman–Crippen LogP) is 5.66. The van der Waals surface area contributed by atoms with Gasteiger partial charge in [-0.1, -0.05) is 12.8 Å². The summed E-state index contributed by atoms with van der Waals surface area (Å²) in [6, 6.07) is 1.89. The zero-order chi connectivity index (χ0) is 13.4. The largest absolute Gasteiger partial charge is 0.381 e. The number of rotatable bonds is 10. The number of ether oxygens (including phenoxy) is 1. The molecule has 0 bridgehead atoms. The summed E-state index contributed by atoms with van der Waals surface area (Å²) >= 11 is 24.0. The van der Waals surface area contributed by atoms with Crippen molar-refractivity contribution in [3.63, 3.8) is 0 Å². The van der Waals surface area contributed by atoms with Crippen LogP contribution in [0.25, 0.3) is 0 Å². The summed E-state index contributed by atoms with van der Waals surface area (Å²) in [7, 11) is 0. The number of halogens is 4. The molecule has 1 nitrogen and oxygen atoms in total. The lowest BCUT2D eigenvalue weighted by atomic mass is 10.3. The minimum atomic E-state index is -1.90. The van der Waals surface area contributed by atoms with Crippen molar-refractivity contribution in [1.82, 2.24) is 0 Å². The van der Waals surface area contributed by atoms with Gasteiger partial charge < -0.3 is 4.74 Å². The first-order valence-electron chi connectivity index (χ1n) is 6.04. The van der Waals surface area contributed by atoms with Gasteiger partial charge in [0.05, 0.1) is 0 Å². The molecule has 0 aromatic carbocycles. The average molecular weight is 356 g/mol. The van der Waals surface area contributed by atoms with Crippen molar-refractivity contribution in [1.29, 1.82) is 0 Å². The fourth-order valence-corrected chi connectivity index (χ4v) is 4.73. The quantitative estimate of drug-likeness (QED) is 0.279. The minimum absolute atomic E-state index is 0.800. The Kier molecular flexibility index (Phi) is 10.3. The Morgan fingerprint density at radius 2 is 1.06 bits per heavy atom.